The summed E-state index contributed by atoms with van der Waals surface area (Å²) < 4.78 is 2.19. The Balaban J connectivity index is 2.23. The van der Waals surface area contributed by atoms with E-state index < -0.39 is 0 Å². The standard InChI is InChI=1S/C16H19N3O/c1-2-9-19-15-6-4-3-5-13(15)14(12-20)16(19)18-10-7-17-8-11-18/h2-6,12,17H,1,7-11H2. The van der Waals surface area contributed by atoms with Crippen molar-refractivity contribution in [1.29, 1.82) is 0 Å². The van der Waals surface area contributed by atoms with E-state index in [1.165, 1.54) is 0 Å². The Bertz CT molecular complexity index is 638. The lowest BCUT2D eigenvalue weighted by Gasteiger charge is -2.30. The SMILES string of the molecule is C=CCn1c(N2CCNCC2)c(C=O)c2ccccc21. The van der Waals surface area contributed by atoms with Gasteiger partial charge in [0, 0.05) is 38.1 Å². The smallest absolute Gasteiger partial charge is 0.154 e. The van der Waals surface area contributed by atoms with Crippen LogP contribution in [0.5, 0.6) is 0 Å². The number of anilines is 1. The molecule has 20 heavy (non-hydrogen) atoms. The lowest BCUT2D eigenvalue weighted by atomic mass is 10.2. The van der Waals surface area contributed by atoms with Crippen molar-refractivity contribution in [2.45, 2.75) is 6.54 Å². The van der Waals surface area contributed by atoms with E-state index in [2.05, 4.69) is 27.4 Å². The zero-order valence-corrected chi connectivity index (χ0v) is 11.5. The third kappa shape index (κ3) is 2.02. The van der Waals surface area contributed by atoms with Gasteiger partial charge in [-0.2, -0.15) is 0 Å². The average Bonchev–Trinajstić information content (AvgIpc) is 2.82. The Kier molecular flexibility index (Phi) is 3.56. The van der Waals surface area contributed by atoms with Gasteiger partial charge < -0.3 is 14.8 Å². The normalized spacial score (nSPS) is 15.5. The molecule has 0 spiro atoms. The topological polar surface area (TPSA) is 37.3 Å². The monoisotopic (exact) mass is 269 g/mol. The van der Waals surface area contributed by atoms with Gasteiger partial charge in [-0.15, -0.1) is 6.58 Å². The van der Waals surface area contributed by atoms with Gasteiger partial charge in [-0.3, -0.25) is 4.79 Å². The molecule has 0 aliphatic carbocycles. The van der Waals surface area contributed by atoms with Crippen LogP contribution in [0.2, 0.25) is 0 Å². The molecule has 2 aromatic rings. The van der Waals surface area contributed by atoms with Gasteiger partial charge in [0.25, 0.3) is 0 Å². The van der Waals surface area contributed by atoms with Crippen molar-refractivity contribution < 1.29 is 4.79 Å². The lowest BCUT2D eigenvalue weighted by molar-refractivity contribution is 0.112. The molecule has 3 rings (SSSR count). The maximum atomic E-state index is 11.6. The molecule has 0 bridgehead atoms. The molecule has 0 amide bonds. The van der Waals surface area contributed by atoms with Gasteiger partial charge >= 0.3 is 0 Å². The van der Waals surface area contributed by atoms with Gasteiger partial charge in [-0.25, -0.2) is 0 Å². The number of para-hydroxylation sites is 1. The molecule has 4 heteroatoms. The van der Waals surface area contributed by atoms with Crippen LogP contribution in [0.4, 0.5) is 5.82 Å². The summed E-state index contributed by atoms with van der Waals surface area (Å²) in [5, 5.41) is 4.37. The summed E-state index contributed by atoms with van der Waals surface area (Å²) in [6.07, 6.45) is 2.87. The molecule has 4 nitrogen and oxygen atoms in total. The summed E-state index contributed by atoms with van der Waals surface area (Å²) in [5.74, 6) is 1.03. The first-order valence-electron chi connectivity index (χ1n) is 6.99. The van der Waals surface area contributed by atoms with Gasteiger partial charge in [0.1, 0.15) is 5.82 Å². The highest BCUT2D eigenvalue weighted by Crippen LogP contribution is 2.32. The molecule has 0 saturated carbocycles. The predicted molar refractivity (Wildman–Crippen MR) is 82.6 cm³/mol. The van der Waals surface area contributed by atoms with Gasteiger partial charge in [0.15, 0.2) is 6.29 Å². The van der Waals surface area contributed by atoms with E-state index in [1.54, 1.807) is 0 Å². The molecule has 1 saturated heterocycles. The van der Waals surface area contributed by atoms with E-state index in [0.29, 0.717) is 6.54 Å². The Morgan fingerprint density at radius 1 is 1.25 bits per heavy atom. The minimum atomic E-state index is 0.716. The first-order valence-corrected chi connectivity index (χ1v) is 6.99. The van der Waals surface area contributed by atoms with Gasteiger partial charge in [-0.1, -0.05) is 24.3 Å². The van der Waals surface area contributed by atoms with Crippen LogP contribution in [0, 0.1) is 0 Å². The molecule has 104 valence electrons. The summed E-state index contributed by atoms with van der Waals surface area (Å²) in [6, 6.07) is 8.08. The molecule has 1 aliphatic rings. The molecule has 1 aromatic carbocycles. The number of nitrogens with zero attached hydrogens (tertiary/aromatic N) is 2. The summed E-state index contributed by atoms with van der Waals surface area (Å²) in [4.78, 5) is 13.9. The van der Waals surface area contributed by atoms with Crippen molar-refractivity contribution in [2.75, 3.05) is 31.1 Å². The zero-order chi connectivity index (χ0) is 13.9. The molecule has 0 unspecified atom stereocenters. The number of aldehydes is 1. The van der Waals surface area contributed by atoms with Crippen molar-refractivity contribution in [1.82, 2.24) is 9.88 Å². The van der Waals surface area contributed by atoms with E-state index in [9.17, 15) is 4.79 Å². The Morgan fingerprint density at radius 3 is 2.70 bits per heavy atom. The van der Waals surface area contributed by atoms with Crippen LogP contribution in [0.3, 0.4) is 0 Å². The maximum absolute atomic E-state index is 11.6. The largest absolute Gasteiger partial charge is 0.355 e. The summed E-state index contributed by atoms with van der Waals surface area (Å²) in [5.41, 5.74) is 1.90. The van der Waals surface area contributed by atoms with Crippen LogP contribution in [0.15, 0.2) is 36.9 Å². The van der Waals surface area contributed by atoms with Crippen molar-refractivity contribution in [3.63, 3.8) is 0 Å². The van der Waals surface area contributed by atoms with Crippen molar-refractivity contribution >= 4 is 23.0 Å². The minimum Gasteiger partial charge on any atom is -0.355 e. The number of aromatic nitrogens is 1. The fourth-order valence-corrected chi connectivity index (χ4v) is 2.96. The molecule has 2 heterocycles. The number of hydrogen-bond acceptors (Lipinski definition) is 3. The second kappa shape index (κ2) is 5.51. The fraction of sp³-hybridized carbons (Fsp3) is 0.312. The number of benzene rings is 1. The highest BCUT2D eigenvalue weighted by Gasteiger charge is 2.22. The minimum absolute atomic E-state index is 0.716. The molecular weight excluding hydrogens is 250 g/mol. The van der Waals surface area contributed by atoms with Crippen LogP contribution in [0.25, 0.3) is 10.9 Å². The molecular formula is C16H19N3O. The second-order valence-electron chi connectivity index (χ2n) is 5.01. The highest BCUT2D eigenvalue weighted by molar-refractivity contribution is 6.04. The Hall–Kier alpha value is -2.07. The maximum Gasteiger partial charge on any atom is 0.154 e. The van der Waals surface area contributed by atoms with Crippen molar-refractivity contribution in [2.24, 2.45) is 0 Å². The number of rotatable bonds is 4. The van der Waals surface area contributed by atoms with Gasteiger partial charge in [0.05, 0.1) is 11.1 Å². The van der Waals surface area contributed by atoms with E-state index in [0.717, 1.165) is 54.7 Å². The van der Waals surface area contributed by atoms with E-state index in [4.69, 9.17) is 0 Å². The first kappa shape index (κ1) is 12.9. The number of piperazine rings is 1. The number of hydrogen-bond donors (Lipinski definition) is 1. The molecule has 1 N–H and O–H groups in total. The number of carbonyl (C=O) groups excluding carboxylic acids is 1. The zero-order valence-electron chi connectivity index (χ0n) is 11.5. The number of carbonyl (C=O) groups is 1. The van der Waals surface area contributed by atoms with Crippen LogP contribution >= 0.6 is 0 Å². The van der Waals surface area contributed by atoms with Gasteiger partial charge in [0.2, 0.25) is 0 Å². The van der Waals surface area contributed by atoms with Crippen LogP contribution in [0.1, 0.15) is 10.4 Å². The molecule has 1 aromatic heterocycles. The number of allylic oxidation sites excluding steroid dienone is 1. The fourth-order valence-electron chi connectivity index (χ4n) is 2.96. The lowest BCUT2D eigenvalue weighted by Crippen LogP contribution is -2.44. The summed E-state index contributed by atoms with van der Waals surface area (Å²) in [6.45, 7) is 8.31. The van der Waals surface area contributed by atoms with Crippen molar-refractivity contribution in [3.8, 4) is 0 Å². The number of fused-ring (bicyclic) bond motifs is 1. The van der Waals surface area contributed by atoms with Gasteiger partial charge in [-0.05, 0) is 6.07 Å². The van der Waals surface area contributed by atoms with Crippen LogP contribution in [-0.4, -0.2) is 37.0 Å². The van der Waals surface area contributed by atoms with Crippen LogP contribution < -0.4 is 10.2 Å². The van der Waals surface area contributed by atoms with E-state index >= 15 is 0 Å². The summed E-state index contributed by atoms with van der Waals surface area (Å²) in [7, 11) is 0. The van der Waals surface area contributed by atoms with E-state index in [-0.39, 0.29) is 0 Å². The average molecular weight is 269 g/mol. The Morgan fingerprint density at radius 2 is 2.00 bits per heavy atom. The molecule has 0 radical (unpaired) electrons. The summed E-state index contributed by atoms with van der Waals surface area (Å²) >= 11 is 0. The third-order valence-corrected chi connectivity index (χ3v) is 3.83. The second-order valence-corrected chi connectivity index (χ2v) is 5.01. The number of nitrogens with one attached hydrogen (secondary N) is 1. The first-order chi connectivity index (χ1) is 9.86. The predicted octanol–water partition coefficient (Wildman–Crippen LogP) is 2.05. The van der Waals surface area contributed by atoms with Crippen LogP contribution in [-0.2, 0) is 6.54 Å². The van der Waals surface area contributed by atoms with E-state index in [1.807, 2.05) is 24.3 Å². The molecule has 1 fully saturated rings. The Labute approximate surface area is 118 Å². The third-order valence-electron chi connectivity index (χ3n) is 3.83. The quantitative estimate of drug-likeness (QED) is 0.682. The van der Waals surface area contributed by atoms with Crippen molar-refractivity contribution in [3.05, 3.63) is 42.5 Å². The molecule has 0 atom stereocenters. The molecule has 1 aliphatic heterocycles. The highest BCUT2D eigenvalue weighted by atomic mass is 16.1.